The number of rotatable bonds is 11. The molecular formula is C19H31N5O6S. The molecule has 0 aromatic heterocycles. The van der Waals surface area contributed by atoms with E-state index in [0.717, 1.165) is 17.9 Å². The predicted octanol–water partition coefficient (Wildman–Crippen LogP) is -1.59. The molecule has 4 atom stereocenters. The summed E-state index contributed by atoms with van der Waals surface area (Å²) in [5.74, 6) is -2.90. The summed E-state index contributed by atoms with van der Waals surface area (Å²) in [6.07, 6.45) is 4.12. The average Bonchev–Trinajstić information content (AvgIpc) is 3.41. The molecule has 2 saturated heterocycles. The molecule has 0 bridgehead atoms. The van der Waals surface area contributed by atoms with Gasteiger partial charge in [0, 0.05) is 6.54 Å². The van der Waals surface area contributed by atoms with Gasteiger partial charge in [0.25, 0.3) is 0 Å². The number of amides is 4. The quantitative estimate of drug-likeness (QED) is 0.247. The van der Waals surface area contributed by atoms with Crippen molar-refractivity contribution >= 4 is 41.4 Å². The lowest BCUT2D eigenvalue weighted by Gasteiger charge is -2.28. The minimum absolute atomic E-state index is 0.223. The van der Waals surface area contributed by atoms with Crippen molar-refractivity contribution in [1.82, 2.24) is 20.9 Å². The fourth-order valence-electron chi connectivity index (χ4n) is 3.85. The smallest absolute Gasteiger partial charge is 0.326 e. The van der Waals surface area contributed by atoms with Crippen molar-refractivity contribution in [2.75, 3.05) is 25.1 Å². The molecule has 12 heteroatoms. The van der Waals surface area contributed by atoms with Gasteiger partial charge in [-0.1, -0.05) is 0 Å². The second kappa shape index (κ2) is 11.9. The lowest BCUT2D eigenvalue weighted by atomic mass is 10.1. The largest absolute Gasteiger partial charge is 0.480 e. The Morgan fingerprint density at radius 3 is 2.48 bits per heavy atom. The molecule has 174 valence electrons. The standard InChI is InChI=1S/C19H31N5O6S/c1-31-9-6-12(22-16(26)11-4-2-7-21-11)17(27)23-13(10-15(20)25)18(28)24-8-3-5-14(24)19(29)30/h11-14,21H,2-10H2,1H3,(H2,20,25)(H,22,26)(H,23,27)(H,29,30). The van der Waals surface area contributed by atoms with Gasteiger partial charge in [-0.15, -0.1) is 0 Å². The van der Waals surface area contributed by atoms with Crippen LogP contribution in [0.5, 0.6) is 0 Å². The molecule has 0 spiro atoms. The summed E-state index contributed by atoms with van der Waals surface area (Å²) in [5, 5.41) is 17.7. The van der Waals surface area contributed by atoms with Crippen molar-refractivity contribution in [3.63, 3.8) is 0 Å². The highest BCUT2D eigenvalue weighted by atomic mass is 32.2. The van der Waals surface area contributed by atoms with Gasteiger partial charge in [-0.3, -0.25) is 19.2 Å². The summed E-state index contributed by atoms with van der Waals surface area (Å²) in [4.78, 5) is 62.5. The molecule has 6 N–H and O–H groups in total. The van der Waals surface area contributed by atoms with Crippen LogP contribution in [0.4, 0.5) is 0 Å². The van der Waals surface area contributed by atoms with Gasteiger partial charge in [0.2, 0.25) is 23.6 Å². The molecule has 0 saturated carbocycles. The molecule has 11 nitrogen and oxygen atoms in total. The van der Waals surface area contributed by atoms with Crippen LogP contribution in [0.3, 0.4) is 0 Å². The number of carboxylic acid groups (broad SMARTS) is 1. The van der Waals surface area contributed by atoms with Crippen molar-refractivity contribution in [2.24, 2.45) is 5.73 Å². The Bertz CT molecular complexity index is 699. The van der Waals surface area contributed by atoms with E-state index in [1.54, 1.807) is 0 Å². The molecule has 2 aliphatic rings. The predicted molar refractivity (Wildman–Crippen MR) is 114 cm³/mol. The Kier molecular flexibility index (Phi) is 9.56. The third kappa shape index (κ3) is 7.10. The van der Waals surface area contributed by atoms with Crippen molar-refractivity contribution in [2.45, 2.75) is 62.7 Å². The number of primary amides is 1. The average molecular weight is 458 g/mol. The van der Waals surface area contributed by atoms with Crippen LogP contribution in [0.15, 0.2) is 0 Å². The fraction of sp³-hybridized carbons (Fsp3) is 0.737. The Balaban J connectivity index is 2.10. The molecule has 2 fully saturated rings. The van der Waals surface area contributed by atoms with Crippen molar-refractivity contribution < 1.29 is 29.1 Å². The summed E-state index contributed by atoms with van der Waals surface area (Å²) in [7, 11) is 0. The van der Waals surface area contributed by atoms with E-state index in [1.165, 1.54) is 11.8 Å². The molecule has 4 amide bonds. The number of nitrogens with two attached hydrogens (primary N) is 1. The van der Waals surface area contributed by atoms with Gasteiger partial charge < -0.3 is 31.7 Å². The monoisotopic (exact) mass is 457 g/mol. The molecule has 2 rings (SSSR count). The number of carboxylic acids is 1. The molecule has 2 heterocycles. The number of likely N-dealkylation sites (tertiary alicyclic amines) is 1. The molecule has 4 unspecified atom stereocenters. The van der Waals surface area contributed by atoms with Crippen LogP contribution in [0.1, 0.15) is 38.5 Å². The van der Waals surface area contributed by atoms with E-state index in [2.05, 4.69) is 16.0 Å². The lowest BCUT2D eigenvalue weighted by molar-refractivity contribution is -0.149. The minimum Gasteiger partial charge on any atom is -0.480 e. The first-order valence-corrected chi connectivity index (χ1v) is 11.8. The highest BCUT2D eigenvalue weighted by Gasteiger charge is 2.39. The molecular weight excluding hydrogens is 426 g/mol. The molecule has 0 radical (unpaired) electrons. The zero-order valence-electron chi connectivity index (χ0n) is 17.6. The number of aliphatic carboxylic acids is 1. The molecule has 31 heavy (non-hydrogen) atoms. The number of hydrogen-bond acceptors (Lipinski definition) is 7. The van der Waals surface area contributed by atoms with Crippen LogP contribution in [-0.4, -0.2) is 88.9 Å². The van der Waals surface area contributed by atoms with Crippen molar-refractivity contribution in [3.05, 3.63) is 0 Å². The fourth-order valence-corrected chi connectivity index (χ4v) is 4.32. The number of thioether (sulfide) groups is 1. The van der Waals surface area contributed by atoms with Crippen LogP contribution in [0.25, 0.3) is 0 Å². The number of carbonyl (C=O) groups is 5. The van der Waals surface area contributed by atoms with Gasteiger partial charge in [0.15, 0.2) is 0 Å². The first-order valence-electron chi connectivity index (χ1n) is 10.4. The SMILES string of the molecule is CSCCC(NC(=O)C1CCCN1)C(=O)NC(CC(N)=O)C(=O)N1CCCC1C(=O)O. The number of carbonyl (C=O) groups excluding carboxylic acids is 4. The lowest BCUT2D eigenvalue weighted by Crippen LogP contribution is -2.57. The second-order valence-corrected chi connectivity index (χ2v) is 8.74. The van der Waals surface area contributed by atoms with Gasteiger partial charge in [-0.25, -0.2) is 4.79 Å². The van der Waals surface area contributed by atoms with E-state index < -0.39 is 48.2 Å². The third-order valence-electron chi connectivity index (χ3n) is 5.46. The van der Waals surface area contributed by atoms with E-state index in [0.29, 0.717) is 31.4 Å². The van der Waals surface area contributed by atoms with E-state index in [-0.39, 0.29) is 18.5 Å². The number of nitrogens with zero attached hydrogens (tertiary/aromatic N) is 1. The minimum atomic E-state index is -1.29. The highest BCUT2D eigenvalue weighted by Crippen LogP contribution is 2.19. The van der Waals surface area contributed by atoms with Crippen molar-refractivity contribution in [1.29, 1.82) is 0 Å². The summed E-state index contributed by atoms with van der Waals surface area (Å²) in [5.41, 5.74) is 5.26. The maximum Gasteiger partial charge on any atom is 0.326 e. The summed E-state index contributed by atoms with van der Waals surface area (Å²) >= 11 is 1.50. The van der Waals surface area contributed by atoms with Crippen LogP contribution in [0, 0.1) is 0 Å². The molecule has 2 aliphatic heterocycles. The number of hydrogen-bond donors (Lipinski definition) is 5. The van der Waals surface area contributed by atoms with E-state index >= 15 is 0 Å². The second-order valence-electron chi connectivity index (χ2n) is 7.75. The van der Waals surface area contributed by atoms with E-state index in [9.17, 15) is 29.1 Å². The Labute approximate surface area is 185 Å². The first kappa shape index (κ1) is 24.9. The van der Waals surface area contributed by atoms with Gasteiger partial charge in [-0.2, -0.15) is 11.8 Å². The van der Waals surface area contributed by atoms with Crippen LogP contribution in [0.2, 0.25) is 0 Å². The van der Waals surface area contributed by atoms with Gasteiger partial charge in [0.1, 0.15) is 18.1 Å². The maximum atomic E-state index is 12.9. The molecule has 0 aromatic rings. The van der Waals surface area contributed by atoms with E-state index in [4.69, 9.17) is 5.73 Å². The molecule has 0 aromatic carbocycles. The van der Waals surface area contributed by atoms with Gasteiger partial charge in [-0.05, 0) is 50.7 Å². The van der Waals surface area contributed by atoms with Crippen molar-refractivity contribution in [3.8, 4) is 0 Å². The summed E-state index contributed by atoms with van der Waals surface area (Å²) < 4.78 is 0. The van der Waals surface area contributed by atoms with Crippen LogP contribution >= 0.6 is 11.8 Å². The zero-order chi connectivity index (χ0) is 23.0. The van der Waals surface area contributed by atoms with Gasteiger partial charge >= 0.3 is 5.97 Å². The van der Waals surface area contributed by atoms with E-state index in [1.807, 2.05) is 6.26 Å². The van der Waals surface area contributed by atoms with Gasteiger partial charge in [0.05, 0.1) is 12.5 Å². The summed E-state index contributed by atoms with van der Waals surface area (Å²) in [6.45, 7) is 0.955. The normalized spacial score (nSPS) is 22.5. The first-order chi connectivity index (χ1) is 14.7. The van der Waals surface area contributed by atoms with Crippen LogP contribution in [-0.2, 0) is 24.0 Å². The molecule has 0 aliphatic carbocycles. The van der Waals surface area contributed by atoms with Crippen LogP contribution < -0.4 is 21.7 Å². The topological polar surface area (TPSA) is 171 Å². The zero-order valence-corrected chi connectivity index (χ0v) is 18.4. The summed E-state index contributed by atoms with van der Waals surface area (Å²) in [6, 6.07) is -3.55. The highest BCUT2D eigenvalue weighted by molar-refractivity contribution is 7.98. The third-order valence-corrected chi connectivity index (χ3v) is 6.11. The Hall–Kier alpha value is -2.34. The number of nitrogens with one attached hydrogen (secondary N) is 3. The Morgan fingerprint density at radius 1 is 1.16 bits per heavy atom. The maximum absolute atomic E-state index is 12.9. The Morgan fingerprint density at radius 2 is 1.90 bits per heavy atom.